The molecule has 242 valence electrons. The second-order valence-corrected chi connectivity index (χ2v) is 45.1. The van der Waals surface area contributed by atoms with Gasteiger partial charge in [-0.3, -0.25) is 0 Å². The van der Waals surface area contributed by atoms with Crippen molar-refractivity contribution in [2.24, 2.45) is 0 Å². The molecule has 2 aliphatic carbocycles. The third-order valence-electron chi connectivity index (χ3n) is 11.2. The molecule has 2 aliphatic rings. The van der Waals surface area contributed by atoms with Gasteiger partial charge in [-0.2, -0.15) is 0 Å². The van der Waals surface area contributed by atoms with Crippen molar-refractivity contribution < 1.29 is 17.4 Å². The van der Waals surface area contributed by atoms with Gasteiger partial charge >= 0.3 is 278 Å². The Bertz CT molecular complexity index is 2170. The smallest absolute Gasteiger partial charge is 0.147 e. The Balaban J connectivity index is 0.00000201. The maximum Gasteiger partial charge on any atom is -0.147 e. The number of hydrogen-bond donors (Lipinski definition) is 0. The Kier molecular flexibility index (Phi) is 9.46. The van der Waals surface area contributed by atoms with E-state index in [2.05, 4.69) is 163 Å². The summed E-state index contributed by atoms with van der Waals surface area (Å²) in [6.45, 7) is 7.23. The van der Waals surface area contributed by atoms with E-state index in [0.717, 1.165) is 12.8 Å². The molecule has 48 heavy (non-hydrogen) atoms. The van der Waals surface area contributed by atoms with Crippen LogP contribution in [0.2, 0.25) is 9.26 Å². The minimum absolute atomic E-state index is 0. The van der Waals surface area contributed by atoms with E-state index in [9.17, 15) is 0 Å². The molecule has 0 bridgehead atoms. The van der Waals surface area contributed by atoms with Crippen LogP contribution < -0.4 is 0 Å². The topological polar surface area (TPSA) is 0 Å². The third kappa shape index (κ3) is 5.36. The molecule has 0 aliphatic heterocycles. The van der Waals surface area contributed by atoms with Crippen LogP contribution in [0.5, 0.6) is 0 Å². The minimum atomic E-state index is -3.70. The van der Waals surface area contributed by atoms with Gasteiger partial charge in [-0.1, -0.05) is 0 Å². The van der Waals surface area contributed by atoms with Crippen LogP contribution in [0.4, 0.5) is 0 Å². The molecule has 2 unspecified atom stereocenters. The molecular weight excluding hydrogens is 719 g/mol. The summed E-state index contributed by atoms with van der Waals surface area (Å²) in [5.41, 5.74) is 14.8. The first kappa shape index (κ1) is 34.8. The summed E-state index contributed by atoms with van der Waals surface area (Å²) >= 11 is -3.70. The zero-order valence-electron chi connectivity index (χ0n) is 28.3. The maximum atomic E-state index is 2.78. The van der Waals surface area contributed by atoms with E-state index in [0.29, 0.717) is 7.25 Å². The summed E-state index contributed by atoms with van der Waals surface area (Å²) in [6, 6.07) is 45.6. The number of rotatable bonds is 6. The molecule has 2 atom stereocenters. The molecule has 0 N–H and O–H groups in total. The fourth-order valence-electron chi connectivity index (χ4n) is 9.34. The zero-order chi connectivity index (χ0) is 31.7. The second-order valence-electron chi connectivity index (χ2n) is 14.6. The zero-order valence-corrected chi connectivity index (χ0v) is 33.8. The van der Waals surface area contributed by atoms with Crippen molar-refractivity contribution in [2.45, 2.75) is 43.2 Å². The van der Waals surface area contributed by atoms with E-state index in [1.165, 1.54) is 54.9 Å². The number of benzene rings is 6. The summed E-state index contributed by atoms with van der Waals surface area (Å²) in [5.74, 6) is 0. The Morgan fingerprint density at radius 2 is 0.833 bits per heavy atom. The number of allylic oxidation sites excluding steroid dienone is 2. The molecule has 0 fully saturated rings. The first-order chi connectivity index (χ1) is 22.3. The number of halogens is 2. The van der Waals surface area contributed by atoms with Crippen molar-refractivity contribution >= 4 is 65.4 Å². The van der Waals surface area contributed by atoms with Gasteiger partial charge in [-0.05, 0) is 0 Å². The molecule has 0 nitrogen and oxygen atoms in total. The Morgan fingerprint density at radius 1 is 0.479 bits per heavy atom. The third-order valence-corrected chi connectivity index (χ3v) is 28.7. The van der Waals surface area contributed by atoms with E-state index in [1.54, 1.807) is 22.3 Å². The molecule has 0 heterocycles. The van der Waals surface area contributed by atoms with Crippen LogP contribution in [-0.2, 0) is 17.4 Å². The van der Waals surface area contributed by atoms with E-state index < -0.39 is 17.4 Å². The van der Waals surface area contributed by atoms with Crippen LogP contribution in [0.3, 0.4) is 0 Å². The molecule has 0 saturated carbocycles. The SMILES string of the molecule is CCC1=Cc2c(-c3cccc4ccccc34)cccc2[CH]1[Zr]([CH3])([CH3])(=[SiH2])[CH]1C(CC)=Cc2c(-c3cccc4ccccc34)cccc21.Cl.Cl. The molecular formula is C44H44Cl2SiZr. The molecule has 0 aromatic heterocycles. The molecule has 8 rings (SSSR count). The van der Waals surface area contributed by atoms with Crippen LogP contribution in [0, 0.1) is 0 Å². The molecule has 0 radical (unpaired) electrons. The van der Waals surface area contributed by atoms with Gasteiger partial charge in [0.1, 0.15) is 0 Å². The average molecular weight is 763 g/mol. The summed E-state index contributed by atoms with van der Waals surface area (Å²) in [5, 5.41) is 5.29. The van der Waals surface area contributed by atoms with Crippen LogP contribution in [0.25, 0.3) is 56.0 Å². The Hall–Kier alpha value is -3.00. The molecule has 0 saturated heterocycles. The number of fused-ring (bicyclic) bond motifs is 4. The van der Waals surface area contributed by atoms with Gasteiger partial charge in [0.2, 0.25) is 0 Å². The van der Waals surface area contributed by atoms with Gasteiger partial charge in [0, 0.05) is 0 Å². The van der Waals surface area contributed by atoms with Gasteiger partial charge < -0.3 is 0 Å². The first-order valence-electron chi connectivity index (χ1n) is 17.0. The van der Waals surface area contributed by atoms with Gasteiger partial charge in [0.05, 0.1) is 0 Å². The second kappa shape index (κ2) is 13.0. The fraction of sp³-hybridized carbons (Fsp3) is 0.182. The van der Waals surface area contributed by atoms with E-state index >= 15 is 0 Å². The van der Waals surface area contributed by atoms with Crippen molar-refractivity contribution in [3.8, 4) is 22.3 Å². The maximum absolute atomic E-state index is 3.70. The number of hydrogen-bond acceptors (Lipinski definition) is 0. The van der Waals surface area contributed by atoms with E-state index in [-0.39, 0.29) is 24.8 Å². The minimum Gasteiger partial charge on any atom is -0.147 e. The van der Waals surface area contributed by atoms with Crippen LogP contribution in [0.1, 0.15) is 56.2 Å². The van der Waals surface area contributed by atoms with Crippen LogP contribution in [-0.4, -0.2) is 6.88 Å². The average Bonchev–Trinajstić information content (AvgIpc) is 3.68. The fourth-order valence-corrected chi connectivity index (χ4v) is 29.5. The molecule has 0 spiro atoms. The van der Waals surface area contributed by atoms with Gasteiger partial charge in [-0.15, -0.1) is 24.8 Å². The largest absolute Gasteiger partial charge is 0.147 e. The Labute approximate surface area is 300 Å². The van der Waals surface area contributed by atoms with Crippen molar-refractivity contribution in [3.63, 3.8) is 0 Å². The van der Waals surface area contributed by atoms with Crippen molar-refractivity contribution in [1.82, 2.24) is 0 Å². The van der Waals surface area contributed by atoms with Crippen LogP contribution in [0.15, 0.2) is 132 Å². The predicted octanol–water partition coefficient (Wildman–Crippen LogP) is 12.9. The quantitative estimate of drug-likeness (QED) is 0.148. The van der Waals surface area contributed by atoms with E-state index in [1.807, 2.05) is 0 Å². The summed E-state index contributed by atoms with van der Waals surface area (Å²) < 4.78 is 6.59. The Morgan fingerprint density at radius 3 is 1.25 bits per heavy atom. The monoisotopic (exact) mass is 760 g/mol. The molecule has 6 aromatic rings. The summed E-state index contributed by atoms with van der Waals surface area (Å²) in [4.78, 5) is 0. The first-order valence-corrected chi connectivity index (χ1v) is 30.7. The van der Waals surface area contributed by atoms with Crippen molar-refractivity contribution in [3.05, 3.63) is 155 Å². The summed E-state index contributed by atoms with van der Waals surface area (Å²) in [6.07, 6.45) is 7.39. The van der Waals surface area contributed by atoms with Gasteiger partial charge in [0.25, 0.3) is 0 Å². The molecule has 4 heteroatoms. The van der Waals surface area contributed by atoms with Crippen molar-refractivity contribution in [1.29, 1.82) is 0 Å². The standard InChI is InChI=1S/2C21H17.2CH3.2ClH.H2Si.Zr/c2*1-2-15-13-17-9-6-12-20(21(17)14-15)19-11-5-8-16-7-3-4-10-18(16)19;;;;;;/h2*3-14H,2H2,1H3;2*1H3;2*1H;1H2;. The summed E-state index contributed by atoms with van der Waals surface area (Å²) in [7, 11) is 0. The molecule has 0 amide bonds. The molecule has 6 aromatic carbocycles. The van der Waals surface area contributed by atoms with Gasteiger partial charge in [0.15, 0.2) is 0 Å². The normalized spacial score (nSPS) is 16.9. The van der Waals surface area contributed by atoms with Gasteiger partial charge in [-0.25, -0.2) is 0 Å². The van der Waals surface area contributed by atoms with Crippen LogP contribution >= 0.6 is 24.8 Å². The van der Waals surface area contributed by atoms with Crippen molar-refractivity contribution in [2.75, 3.05) is 0 Å². The predicted molar refractivity (Wildman–Crippen MR) is 216 cm³/mol. The van der Waals surface area contributed by atoms with E-state index in [4.69, 9.17) is 0 Å².